The number of likely N-dealkylation sites (N-methyl/N-ethyl adjacent to an activating group) is 1. The van der Waals surface area contributed by atoms with E-state index in [1.54, 1.807) is 0 Å². The van der Waals surface area contributed by atoms with Gasteiger partial charge in [0.15, 0.2) is 5.11 Å². The maximum absolute atomic E-state index is 6.10. The summed E-state index contributed by atoms with van der Waals surface area (Å²) < 4.78 is 0. The minimum atomic E-state index is 0.495. The van der Waals surface area contributed by atoms with E-state index in [0.717, 1.165) is 54.8 Å². The van der Waals surface area contributed by atoms with Gasteiger partial charge in [-0.25, -0.2) is 0 Å². The van der Waals surface area contributed by atoms with Crippen LogP contribution in [0.3, 0.4) is 0 Å². The van der Waals surface area contributed by atoms with Gasteiger partial charge < -0.3 is 20.0 Å². The fourth-order valence-electron chi connectivity index (χ4n) is 3.23. The summed E-state index contributed by atoms with van der Waals surface area (Å²) in [6, 6.07) is 8.85. The molecule has 1 aliphatic rings. The number of piperidine rings is 1. The number of hydrogen-bond donors (Lipinski definition) is 1. The predicted molar refractivity (Wildman–Crippen MR) is 113 cm³/mol. The molecule has 2 rings (SSSR count). The lowest BCUT2D eigenvalue weighted by Crippen LogP contribution is -2.51. The Morgan fingerprint density at radius 2 is 1.96 bits per heavy atom. The first kappa shape index (κ1) is 20.4. The Morgan fingerprint density at radius 3 is 2.52 bits per heavy atom. The van der Waals surface area contributed by atoms with Crippen molar-refractivity contribution in [3.8, 4) is 0 Å². The van der Waals surface area contributed by atoms with E-state index in [0.29, 0.717) is 12.1 Å². The van der Waals surface area contributed by atoms with Crippen molar-refractivity contribution in [3.05, 3.63) is 29.3 Å². The van der Waals surface area contributed by atoms with Crippen LogP contribution >= 0.6 is 23.8 Å². The third-order valence-corrected chi connectivity index (χ3v) is 5.37. The van der Waals surface area contributed by atoms with E-state index in [1.165, 1.54) is 0 Å². The molecular weight excluding hydrogens is 352 g/mol. The van der Waals surface area contributed by atoms with Crippen LogP contribution in [0.25, 0.3) is 0 Å². The van der Waals surface area contributed by atoms with Gasteiger partial charge in [0.25, 0.3) is 0 Å². The fraction of sp³-hybridized carbons (Fsp3) is 0.632. The molecule has 0 aromatic heterocycles. The summed E-state index contributed by atoms with van der Waals surface area (Å²) in [5.41, 5.74) is 0.951. The summed E-state index contributed by atoms with van der Waals surface area (Å²) in [5.74, 6) is 0. The third kappa shape index (κ3) is 6.41. The maximum Gasteiger partial charge on any atom is 0.173 e. The predicted octanol–water partition coefficient (Wildman–Crippen LogP) is 3.77. The van der Waals surface area contributed by atoms with Crippen molar-refractivity contribution in [1.82, 2.24) is 14.7 Å². The highest BCUT2D eigenvalue weighted by molar-refractivity contribution is 7.80. The molecule has 1 aromatic rings. The van der Waals surface area contributed by atoms with E-state index in [4.69, 9.17) is 23.8 Å². The monoisotopic (exact) mass is 382 g/mol. The zero-order valence-corrected chi connectivity index (χ0v) is 17.4. The molecule has 0 spiro atoms. The molecule has 0 amide bonds. The van der Waals surface area contributed by atoms with Gasteiger partial charge in [0.1, 0.15) is 0 Å². The first-order valence-electron chi connectivity index (χ1n) is 9.09. The SMILES string of the molecule is CC(C)N1CCC(N(CCN(C)C)C(=S)Nc2cccc(Cl)c2)CC1. The summed E-state index contributed by atoms with van der Waals surface area (Å²) in [6.07, 6.45) is 2.31. The van der Waals surface area contributed by atoms with Gasteiger partial charge in [-0.15, -0.1) is 0 Å². The maximum atomic E-state index is 6.10. The molecule has 1 N–H and O–H groups in total. The Bertz CT molecular complexity index is 556. The number of halogens is 1. The lowest BCUT2D eigenvalue weighted by atomic mass is 10.0. The average molecular weight is 383 g/mol. The second-order valence-electron chi connectivity index (χ2n) is 7.30. The normalized spacial score (nSPS) is 16.4. The van der Waals surface area contributed by atoms with Crippen molar-refractivity contribution in [3.63, 3.8) is 0 Å². The Balaban J connectivity index is 2.03. The van der Waals surface area contributed by atoms with Crippen LogP contribution in [0.2, 0.25) is 5.02 Å². The van der Waals surface area contributed by atoms with E-state index in [2.05, 4.69) is 48.0 Å². The number of anilines is 1. The second kappa shape index (κ2) is 9.72. The molecule has 0 unspecified atom stereocenters. The number of nitrogens with one attached hydrogen (secondary N) is 1. The minimum Gasteiger partial charge on any atom is -0.345 e. The number of benzene rings is 1. The molecule has 0 saturated carbocycles. The Morgan fingerprint density at radius 1 is 1.28 bits per heavy atom. The molecule has 0 atom stereocenters. The molecule has 1 aliphatic heterocycles. The van der Waals surface area contributed by atoms with E-state index < -0.39 is 0 Å². The van der Waals surface area contributed by atoms with Crippen molar-refractivity contribution in [1.29, 1.82) is 0 Å². The Kier molecular flexibility index (Phi) is 7.94. The zero-order chi connectivity index (χ0) is 18.4. The molecule has 4 nitrogen and oxygen atoms in total. The van der Waals surface area contributed by atoms with Crippen LogP contribution < -0.4 is 5.32 Å². The van der Waals surface area contributed by atoms with Crippen LogP contribution in [-0.2, 0) is 0 Å². The van der Waals surface area contributed by atoms with Crippen LogP contribution in [-0.4, -0.2) is 72.2 Å². The van der Waals surface area contributed by atoms with E-state index >= 15 is 0 Å². The van der Waals surface area contributed by atoms with Crippen molar-refractivity contribution < 1.29 is 0 Å². The molecule has 1 heterocycles. The number of hydrogen-bond acceptors (Lipinski definition) is 3. The number of nitrogens with zero attached hydrogens (tertiary/aromatic N) is 3. The van der Waals surface area contributed by atoms with E-state index in [-0.39, 0.29) is 0 Å². The quantitative estimate of drug-likeness (QED) is 0.754. The van der Waals surface area contributed by atoms with Gasteiger partial charge in [-0.3, -0.25) is 0 Å². The number of rotatable bonds is 6. The second-order valence-corrected chi connectivity index (χ2v) is 8.12. The highest BCUT2D eigenvalue weighted by Gasteiger charge is 2.27. The summed E-state index contributed by atoms with van der Waals surface area (Å²) >= 11 is 11.9. The van der Waals surface area contributed by atoms with Crippen molar-refractivity contribution in [2.45, 2.75) is 38.8 Å². The van der Waals surface area contributed by atoms with Gasteiger partial charge in [-0.1, -0.05) is 17.7 Å². The molecule has 1 aromatic carbocycles. The van der Waals surface area contributed by atoms with Gasteiger partial charge in [-0.2, -0.15) is 0 Å². The van der Waals surface area contributed by atoms with Gasteiger partial charge >= 0.3 is 0 Å². The summed E-state index contributed by atoms with van der Waals surface area (Å²) in [4.78, 5) is 7.13. The molecular formula is C19H31ClN4S. The lowest BCUT2D eigenvalue weighted by molar-refractivity contribution is 0.125. The molecule has 25 heavy (non-hydrogen) atoms. The molecule has 6 heteroatoms. The molecule has 0 aliphatic carbocycles. The van der Waals surface area contributed by atoms with Crippen LogP contribution in [0.4, 0.5) is 5.69 Å². The fourth-order valence-corrected chi connectivity index (χ4v) is 3.78. The van der Waals surface area contributed by atoms with Gasteiger partial charge in [0, 0.05) is 49.0 Å². The third-order valence-electron chi connectivity index (χ3n) is 4.80. The first-order chi connectivity index (χ1) is 11.9. The van der Waals surface area contributed by atoms with Gasteiger partial charge in [0.05, 0.1) is 0 Å². The number of likely N-dealkylation sites (tertiary alicyclic amines) is 1. The molecule has 0 radical (unpaired) electrons. The first-order valence-corrected chi connectivity index (χ1v) is 9.87. The Hall–Kier alpha value is -0.880. The van der Waals surface area contributed by atoms with Crippen LogP contribution in [0.1, 0.15) is 26.7 Å². The lowest BCUT2D eigenvalue weighted by Gasteiger charge is -2.41. The smallest absolute Gasteiger partial charge is 0.173 e. The summed E-state index contributed by atoms with van der Waals surface area (Å²) in [5, 5.41) is 4.90. The highest BCUT2D eigenvalue weighted by Crippen LogP contribution is 2.21. The van der Waals surface area contributed by atoms with Crippen LogP contribution in [0, 0.1) is 0 Å². The van der Waals surface area contributed by atoms with Crippen molar-refractivity contribution in [2.24, 2.45) is 0 Å². The van der Waals surface area contributed by atoms with Gasteiger partial charge in [0.2, 0.25) is 0 Å². The van der Waals surface area contributed by atoms with Crippen molar-refractivity contribution >= 4 is 34.6 Å². The summed E-state index contributed by atoms with van der Waals surface area (Å²) in [7, 11) is 4.21. The van der Waals surface area contributed by atoms with Crippen molar-refractivity contribution in [2.75, 3.05) is 45.6 Å². The van der Waals surface area contributed by atoms with E-state index in [9.17, 15) is 0 Å². The highest BCUT2D eigenvalue weighted by atomic mass is 35.5. The largest absolute Gasteiger partial charge is 0.345 e. The topological polar surface area (TPSA) is 21.8 Å². The molecule has 140 valence electrons. The molecule has 0 bridgehead atoms. The van der Waals surface area contributed by atoms with Crippen LogP contribution in [0.15, 0.2) is 24.3 Å². The zero-order valence-electron chi connectivity index (χ0n) is 15.8. The number of thiocarbonyl (C=S) groups is 1. The minimum absolute atomic E-state index is 0.495. The van der Waals surface area contributed by atoms with E-state index in [1.807, 2.05) is 24.3 Å². The molecule has 1 fully saturated rings. The van der Waals surface area contributed by atoms with Crippen LogP contribution in [0.5, 0.6) is 0 Å². The van der Waals surface area contributed by atoms with Gasteiger partial charge in [-0.05, 0) is 71.2 Å². The molecule has 1 saturated heterocycles. The summed E-state index contributed by atoms with van der Waals surface area (Å²) in [6.45, 7) is 8.75. The average Bonchev–Trinajstić information content (AvgIpc) is 2.55. The standard InChI is InChI=1S/C19H31ClN4S/c1-15(2)23-10-8-18(9-11-23)24(13-12-22(3)4)19(25)21-17-7-5-6-16(20)14-17/h5-7,14-15,18H,8-13H2,1-4H3,(H,21,25). The Labute approximate surface area is 163 Å².